The number of halogens is 2. The van der Waals surface area contributed by atoms with Crippen LogP contribution in [-0.2, 0) is 0 Å². The molecule has 0 bridgehead atoms. The predicted molar refractivity (Wildman–Crippen MR) is 60.2 cm³/mol. The van der Waals surface area contributed by atoms with Crippen LogP contribution in [0.4, 0.5) is 14.7 Å². The smallest absolute Gasteiger partial charge is 0.277 e. The first-order valence-electron chi connectivity index (χ1n) is 5.15. The zero-order chi connectivity index (χ0) is 12.5. The number of alkyl halides is 2. The maximum Gasteiger partial charge on any atom is 0.277 e. The molecule has 0 spiro atoms. The normalized spacial score (nSPS) is 12.0. The van der Waals surface area contributed by atoms with E-state index in [0.29, 0.717) is 5.65 Å². The quantitative estimate of drug-likeness (QED) is 0.839. The van der Waals surface area contributed by atoms with E-state index in [0.717, 1.165) is 5.56 Å². The minimum atomic E-state index is -2.95. The van der Waals surface area contributed by atoms with Gasteiger partial charge in [0.05, 0.1) is 13.1 Å². The number of fused-ring (bicyclic) bond motifs is 1. The summed E-state index contributed by atoms with van der Waals surface area (Å²) < 4.78 is 27.3. The summed E-state index contributed by atoms with van der Waals surface area (Å²) in [6, 6.07) is 3.68. The van der Waals surface area contributed by atoms with Crippen LogP contribution in [0.2, 0.25) is 0 Å². The monoisotopic (exact) mass is 241 g/mol. The van der Waals surface area contributed by atoms with E-state index in [1.165, 1.54) is 4.52 Å². The van der Waals surface area contributed by atoms with Gasteiger partial charge in [0, 0.05) is 6.20 Å². The first-order chi connectivity index (χ1) is 8.00. The molecule has 0 unspecified atom stereocenters. The lowest BCUT2D eigenvalue weighted by molar-refractivity contribution is 0.0252. The molecule has 2 aromatic heterocycles. The Kier molecular flexibility index (Phi) is 2.93. The van der Waals surface area contributed by atoms with Crippen molar-refractivity contribution >= 4 is 11.6 Å². The molecule has 0 aromatic carbocycles. The summed E-state index contributed by atoms with van der Waals surface area (Å²) in [5, 5.41) is 6.48. The minimum absolute atomic E-state index is 0.170. The first kappa shape index (κ1) is 11.7. The highest BCUT2D eigenvalue weighted by Crippen LogP contribution is 2.13. The number of nitrogens with zero attached hydrogens (tertiary/aromatic N) is 3. The average molecular weight is 241 g/mol. The van der Waals surface area contributed by atoms with Gasteiger partial charge in [0.25, 0.3) is 5.92 Å². The summed E-state index contributed by atoms with van der Waals surface area (Å²) in [7, 11) is 0. The minimum Gasteiger partial charge on any atom is -0.347 e. The number of aromatic nitrogens is 3. The molecule has 2 aromatic rings. The van der Waals surface area contributed by atoms with E-state index in [9.17, 15) is 8.78 Å². The van der Waals surface area contributed by atoms with Crippen molar-refractivity contribution in [1.29, 1.82) is 0 Å². The van der Waals surface area contributed by atoms with Gasteiger partial charge in [-0.1, -0.05) is 0 Å². The third kappa shape index (κ3) is 2.68. The lowest BCUT2D eigenvalue weighted by Crippen LogP contribution is -2.35. The molecule has 0 aliphatic rings. The van der Waals surface area contributed by atoms with Crippen molar-refractivity contribution in [2.75, 3.05) is 18.4 Å². The number of hydrogen-bond donors (Lipinski definition) is 2. The molecule has 0 saturated carbocycles. The van der Waals surface area contributed by atoms with Crippen molar-refractivity contribution < 1.29 is 8.78 Å². The van der Waals surface area contributed by atoms with Gasteiger partial charge in [-0.25, -0.2) is 13.3 Å². The molecule has 3 N–H and O–H groups in total. The Bertz CT molecular complexity index is 522. The van der Waals surface area contributed by atoms with E-state index in [4.69, 9.17) is 5.73 Å². The number of aryl methyl sites for hydroxylation is 1. The van der Waals surface area contributed by atoms with Crippen LogP contribution in [0, 0.1) is 6.92 Å². The van der Waals surface area contributed by atoms with Crippen LogP contribution in [0.1, 0.15) is 5.56 Å². The lowest BCUT2D eigenvalue weighted by atomic mass is 10.3. The highest BCUT2D eigenvalue weighted by molar-refractivity contribution is 5.45. The molecular weight excluding hydrogens is 228 g/mol. The maximum absolute atomic E-state index is 12.9. The van der Waals surface area contributed by atoms with Crippen LogP contribution < -0.4 is 11.1 Å². The van der Waals surface area contributed by atoms with Crippen molar-refractivity contribution in [1.82, 2.24) is 14.6 Å². The molecule has 0 atom stereocenters. The van der Waals surface area contributed by atoms with Gasteiger partial charge in [-0.05, 0) is 24.6 Å². The van der Waals surface area contributed by atoms with Crippen LogP contribution in [0.5, 0.6) is 0 Å². The highest BCUT2D eigenvalue weighted by Gasteiger charge is 2.26. The molecule has 17 heavy (non-hydrogen) atoms. The van der Waals surface area contributed by atoms with Gasteiger partial charge < -0.3 is 11.1 Å². The van der Waals surface area contributed by atoms with Gasteiger partial charge in [0.1, 0.15) is 0 Å². The Labute approximate surface area is 96.6 Å². The zero-order valence-corrected chi connectivity index (χ0v) is 9.32. The van der Waals surface area contributed by atoms with E-state index in [-0.39, 0.29) is 5.95 Å². The molecule has 0 saturated heterocycles. The summed E-state index contributed by atoms with van der Waals surface area (Å²) in [4.78, 5) is 4.08. The second kappa shape index (κ2) is 4.25. The van der Waals surface area contributed by atoms with E-state index in [2.05, 4.69) is 15.4 Å². The number of anilines is 1. The second-order valence-corrected chi connectivity index (χ2v) is 3.86. The molecule has 5 nitrogen and oxygen atoms in total. The topological polar surface area (TPSA) is 68.2 Å². The van der Waals surface area contributed by atoms with Crippen molar-refractivity contribution in [2.45, 2.75) is 12.8 Å². The number of rotatable bonds is 4. The fraction of sp³-hybridized carbons (Fsp3) is 0.400. The van der Waals surface area contributed by atoms with Crippen LogP contribution in [-0.4, -0.2) is 33.6 Å². The molecule has 7 heteroatoms. The van der Waals surface area contributed by atoms with Crippen molar-refractivity contribution in [3.63, 3.8) is 0 Å². The van der Waals surface area contributed by atoms with Crippen molar-refractivity contribution in [3.05, 3.63) is 23.9 Å². The largest absolute Gasteiger partial charge is 0.347 e. The van der Waals surface area contributed by atoms with Crippen LogP contribution >= 0.6 is 0 Å². The Balaban J connectivity index is 2.15. The van der Waals surface area contributed by atoms with Crippen LogP contribution in [0.3, 0.4) is 0 Å². The summed E-state index contributed by atoms with van der Waals surface area (Å²) in [5.41, 5.74) is 6.58. The van der Waals surface area contributed by atoms with Crippen molar-refractivity contribution in [2.24, 2.45) is 5.73 Å². The molecule has 0 amide bonds. The molecule has 0 fully saturated rings. The van der Waals surface area contributed by atoms with E-state index in [1.54, 1.807) is 6.20 Å². The summed E-state index contributed by atoms with van der Waals surface area (Å²) in [5.74, 6) is -2.78. The number of nitrogens with one attached hydrogen (secondary N) is 1. The van der Waals surface area contributed by atoms with E-state index >= 15 is 0 Å². The Hall–Kier alpha value is -1.76. The van der Waals surface area contributed by atoms with Crippen molar-refractivity contribution in [3.8, 4) is 0 Å². The fourth-order valence-electron chi connectivity index (χ4n) is 1.34. The van der Waals surface area contributed by atoms with Gasteiger partial charge in [-0.15, -0.1) is 5.10 Å². The Morgan fingerprint density at radius 1 is 1.53 bits per heavy atom. The number of pyridine rings is 1. The van der Waals surface area contributed by atoms with E-state index in [1.807, 2.05) is 19.1 Å². The van der Waals surface area contributed by atoms with Gasteiger partial charge >= 0.3 is 0 Å². The first-order valence-corrected chi connectivity index (χ1v) is 5.15. The molecule has 0 aliphatic carbocycles. The molecular formula is C10H13F2N5. The Morgan fingerprint density at radius 3 is 3.00 bits per heavy atom. The highest BCUT2D eigenvalue weighted by atomic mass is 19.3. The SMILES string of the molecule is Cc1ccn2nc(NCC(F)(F)CN)nc2c1. The second-order valence-electron chi connectivity index (χ2n) is 3.86. The van der Waals surface area contributed by atoms with Crippen LogP contribution in [0.25, 0.3) is 5.65 Å². The summed E-state index contributed by atoms with van der Waals surface area (Å²) in [6.45, 7) is 0.649. The van der Waals surface area contributed by atoms with Gasteiger partial charge in [-0.2, -0.15) is 4.98 Å². The van der Waals surface area contributed by atoms with Gasteiger partial charge in [0.2, 0.25) is 5.95 Å². The summed E-state index contributed by atoms with van der Waals surface area (Å²) >= 11 is 0. The molecule has 0 aliphatic heterocycles. The van der Waals surface area contributed by atoms with Gasteiger partial charge in [0.15, 0.2) is 5.65 Å². The lowest BCUT2D eigenvalue weighted by Gasteiger charge is -2.12. The van der Waals surface area contributed by atoms with Gasteiger partial charge in [-0.3, -0.25) is 0 Å². The predicted octanol–water partition coefficient (Wildman–Crippen LogP) is 1.04. The number of nitrogens with two attached hydrogens (primary N) is 1. The molecule has 92 valence electrons. The fourth-order valence-corrected chi connectivity index (χ4v) is 1.34. The summed E-state index contributed by atoms with van der Waals surface area (Å²) in [6.07, 6.45) is 1.73. The van der Waals surface area contributed by atoms with E-state index < -0.39 is 19.0 Å². The number of hydrogen-bond acceptors (Lipinski definition) is 4. The Morgan fingerprint density at radius 2 is 2.29 bits per heavy atom. The van der Waals surface area contributed by atoms with Crippen LogP contribution in [0.15, 0.2) is 18.3 Å². The third-order valence-corrected chi connectivity index (χ3v) is 2.30. The third-order valence-electron chi connectivity index (χ3n) is 2.30. The standard InChI is InChI=1S/C10H13F2N5/c1-7-2-3-17-8(4-7)15-9(16-17)14-6-10(11,12)5-13/h2-4H,5-6,13H2,1H3,(H,14,16). The maximum atomic E-state index is 12.9. The zero-order valence-electron chi connectivity index (χ0n) is 9.32. The molecule has 0 radical (unpaired) electrons. The molecule has 2 rings (SSSR count). The average Bonchev–Trinajstić information content (AvgIpc) is 2.68. The molecule has 2 heterocycles.